The molecule has 2 rings (SSSR count). The molecule has 8 heteroatoms. The molecule has 2 aromatic heterocycles. The number of halogens is 1. The van der Waals surface area contributed by atoms with Crippen molar-refractivity contribution in [3.8, 4) is 0 Å². The van der Waals surface area contributed by atoms with Gasteiger partial charge in [-0.05, 0) is 26.3 Å². The van der Waals surface area contributed by atoms with E-state index >= 15 is 0 Å². The van der Waals surface area contributed by atoms with Gasteiger partial charge in [-0.25, -0.2) is 4.98 Å². The van der Waals surface area contributed by atoms with Gasteiger partial charge in [0.1, 0.15) is 0 Å². The minimum absolute atomic E-state index is 0. The lowest BCUT2D eigenvalue weighted by Gasteiger charge is -2.11. The Morgan fingerprint density at radius 2 is 2.00 bits per heavy atom. The number of aromatic nitrogens is 3. The van der Waals surface area contributed by atoms with E-state index in [1.165, 1.54) is 10.7 Å². The van der Waals surface area contributed by atoms with Crippen LogP contribution in [-0.2, 0) is 13.0 Å². The van der Waals surface area contributed by atoms with E-state index in [4.69, 9.17) is 0 Å². The summed E-state index contributed by atoms with van der Waals surface area (Å²) in [6.45, 7) is 11.1. The summed E-state index contributed by atoms with van der Waals surface area (Å²) in [4.78, 5) is 8.93. The van der Waals surface area contributed by atoms with E-state index in [2.05, 4.69) is 62.6 Å². The van der Waals surface area contributed by atoms with Gasteiger partial charge in [-0.1, -0.05) is 13.8 Å². The summed E-state index contributed by atoms with van der Waals surface area (Å²) in [5.41, 5.74) is 3.44. The van der Waals surface area contributed by atoms with E-state index in [-0.39, 0.29) is 24.0 Å². The van der Waals surface area contributed by atoms with Crippen molar-refractivity contribution in [1.29, 1.82) is 0 Å². The third-order valence-corrected chi connectivity index (χ3v) is 5.10. The fourth-order valence-corrected chi connectivity index (χ4v) is 3.44. The van der Waals surface area contributed by atoms with Crippen LogP contribution >= 0.6 is 35.3 Å². The zero-order valence-electron chi connectivity index (χ0n) is 16.4. The summed E-state index contributed by atoms with van der Waals surface area (Å²) >= 11 is 1.75. The van der Waals surface area contributed by atoms with Gasteiger partial charge in [-0.3, -0.25) is 9.67 Å². The molecule has 0 unspecified atom stereocenters. The normalized spacial score (nSPS) is 11.5. The van der Waals surface area contributed by atoms with E-state index in [9.17, 15) is 0 Å². The number of thiazole rings is 1. The number of hydrogen-bond donors (Lipinski definition) is 2. The number of aryl methyl sites for hydroxylation is 3. The van der Waals surface area contributed by atoms with Crippen molar-refractivity contribution >= 4 is 41.3 Å². The minimum Gasteiger partial charge on any atom is -0.356 e. The topological polar surface area (TPSA) is 67.1 Å². The standard InChI is InChI=1S/C18H30N6S.HI/c1-13(2)17-22-16(12-25-17)7-9-21-18(19-5)20-8-6-10-24-15(4)11-14(3)23-24;/h11-13H,6-10H2,1-5H3,(H2,19,20,21);1H. The van der Waals surface area contributed by atoms with Crippen molar-refractivity contribution in [2.75, 3.05) is 20.1 Å². The van der Waals surface area contributed by atoms with Crippen molar-refractivity contribution in [3.63, 3.8) is 0 Å². The number of nitrogens with zero attached hydrogens (tertiary/aromatic N) is 4. The zero-order chi connectivity index (χ0) is 18.2. The van der Waals surface area contributed by atoms with E-state index in [0.29, 0.717) is 5.92 Å². The highest BCUT2D eigenvalue weighted by Crippen LogP contribution is 2.19. The van der Waals surface area contributed by atoms with Crippen LogP contribution in [0.15, 0.2) is 16.4 Å². The summed E-state index contributed by atoms with van der Waals surface area (Å²) in [6, 6.07) is 2.11. The molecule has 0 bridgehead atoms. The van der Waals surface area contributed by atoms with Crippen LogP contribution in [0.5, 0.6) is 0 Å². The van der Waals surface area contributed by atoms with Crippen LogP contribution in [0, 0.1) is 13.8 Å². The first kappa shape index (κ1) is 22.9. The number of aliphatic imine (C=N–C) groups is 1. The van der Waals surface area contributed by atoms with Crippen LogP contribution in [0.4, 0.5) is 0 Å². The van der Waals surface area contributed by atoms with Crippen molar-refractivity contribution in [3.05, 3.63) is 33.5 Å². The zero-order valence-corrected chi connectivity index (χ0v) is 19.5. The van der Waals surface area contributed by atoms with Crippen LogP contribution in [-0.4, -0.2) is 40.9 Å². The lowest BCUT2D eigenvalue weighted by molar-refractivity contribution is 0.555. The average Bonchev–Trinajstić information content (AvgIpc) is 3.16. The molecule has 6 nitrogen and oxygen atoms in total. The lowest BCUT2D eigenvalue weighted by Crippen LogP contribution is -2.39. The Bertz CT molecular complexity index is 692. The van der Waals surface area contributed by atoms with E-state index < -0.39 is 0 Å². The van der Waals surface area contributed by atoms with Gasteiger partial charge >= 0.3 is 0 Å². The molecular weight excluding hydrogens is 459 g/mol. The minimum atomic E-state index is 0. The third kappa shape index (κ3) is 7.22. The molecule has 0 fully saturated rings. The molecule has 0 atom stereocenters. The van der Waals surface area contributed by atoms with Gasteiger partial charge in [0.15, 0.2) is 5.96 Å². The van der Waals surface area contributed by atoms with Gasteiger partial charge in [-0.2, -0.15) is 5.10 Å². The molecule has 2 aromatic rings. The molecule has 0 radical (unpaired) electrons. The molecule has 0 aliphatic rings. The maximum Gasteiger partial charge on any atom is 0.190 e. The molecular formula is C18H31IN6S. The first-order valence-electron chi connectivity index (χ1n) is 8.89. The maximum absolute atomic E-state index is 4.66. The van der Waals surface area contributed by atoms with Crippen molar-refractivity contribution in [2.45, 2.75) is 53.0 Å². The summed E-state index contributed by atoms with van der Waals surface area (Å²) in [6.07, 6.45) is 1.92. The second-order valence-electron chi connectivity index (χ2n) is 6.51. The molecule has 0 saturated carbocycles. The van der Waals surface area contributed by atoms with E-state index in [1.807, 2.05) is 6.92 Å². The fourth-order valence-electron chi connectivity index (χ4n) is 2.57. The van der Waals surface area contributed by atoms with Gasteiger partial charge < -0.3 is 10.6 Å². The average molecular weight is 490 g/mol. The summed E-state index contributed by atoms with van der Waals surface area (Å²) in [5.74, 6) is 1.34. The Balaban J connectivity index is 0.00000338. The van der Waals surface area contributed by atoms with Gasteiger partial charge in [0, 0.05) is 50.1 Å². The second kappa shape index (κ2) is 11.5. The molecule has 2 N–H and O–H groups in total. The predicted octanol–water partition coefficient (Wildman–Crippen LogP) is 3.50. The van der Waals surface area contributed by atoms with Crippen LogP contribution < -0.4 is 10.6 Å². The van der Waals surface area contributed by atoms with E-state index in [0.717, 1.165) is 49.8 Å². The van der Waals surface area contributed by atoms with Crippen LogP contribution in [0.3, 0.4) is 0 Å². The van der Waals surface area contributed by atoms with Crippen LogP contribution in [0.2, 0.25) is 0 Å². The van der Waals surface area contributed by atoms with Gasteiger partial charge in [-0.15, -0.1) is 35.3 Å². The first-order chi connectivity index (χ1) is 12.0. The van der Waals surface area contributed by atoms with Crippen molar-refractivity contribution in [1.82, 2.24) is 25.4 Å². The predicted molar refractivity (Wildman–Crippen MR) is 121 cm³/mol. The largest absolute Gasteiger partial charge is 0.356 e. The lowest BCUT2D eigenvalue weighted by atomic mass is 10.2. The Morgan fingerprint density at radius 3 is 2.58 bits per heavy atom. The number of nitrogens with one attached hydrogen (secondary N) is 2. The molecule has 2 heterocycles. The van der Waals surface area contributed by atoms with E-state index in [1.54, 1.807) is 18.4 Å². The van der Waals surface area contributed by atoms with Crippen molar-refractivity contribution in [2.24, 2.45) is 4.99 Å². The van der Waals surface area contributed by atoms with Gasteiger partial charge in [0.25, 0.3) is 0 Å². The highest BCUT2D eigenvalue weighted by Gasteiger charge is 2.06. The summed E-state index contributed by atoms with van der Waals surface area (Å²) in [7, 11) is 1.80. The number of guanidine groups is 1. The molecule has 0 aromatic carbocycles. The Hall–Kier alpha value is -1.16. The molecule has 26 heavy (non-hydrogen) atoms. The second-order valence-corrected chi connectivity index (χ2v) is 7.40. The molecule has 0 amide bonds. The molecule has 0 saturated heterocycles. The molecule has 0 aliphatic carbocycles. The maximum atomic E-state index is 4.66. The summed E-state index contributed by atoms with van der Waals surface area (Å²) in [5, 5.41) is 14.6. The quantitative estimate of drug-likeness (QED) is 0.257. The molecule has 146 valence electrons. The smallest absolute Gasteiger partial charge is 0.190 e. The van der Waals surface area contributed by atoms with Gasteiger partial charge in [0.2, 0.25) is 0 Å². The Labute approximate surface area is 177 Å². The highest BCUT2D eigenvalue weighted by molar-refractivity contribution is 14.0. The Morgan fingerprint density at radius 1 is 1.27 bits per heavy atom. The highest BCUT2D eigenvalue weighted by atomic mass is 127. The summed E-state index contributed by atoms with van der Waals surface area (Å²) < 4.78 is 2.06. The monoisotopic (exact) mass is 490 g/mol. The van der Waals surface area contributed by atoms with Crippen LogP contribution in [0.25, 0.3) is 0 Å². The molecule has 0 aliphatic heterocycles. The van der Waals surface area contributed by atoms with Gasteiger partial charge in [0.05, 0.1) is 16.4 Å². The number of hydrogen-bond acceptors (Lipinski definition) is 4. The van der Waals surface area contributed by atoms with Crippen LogP contribution in [0.1, 0.15) is 48.3 Å². The SMILES string of the molecule is CN=C(NCCCn1nc(C)cc1C)NCCc1csc(C(C)C)n1.I. The Kier molecular flexibility index (Phi) is 10.1. The number of rotatable bonds is 8. The first-order valence-corrected chi connectivity index (χ1v) is 9.77. The third-order valence-electron chi connectivity index (χ3n) is 3.90. The van der Waals surface area contributed by atoms with Crippen molar-refractivity contribution < 1.29 is 0 Å². The fraction of sp³-hybridized carbons (Fsp3) is 0.611. The molecule has 0 spiro atoms.